The summed E-state index contributed by atoms with van der Waals surface area (Å²) in [4.78, 5) is 12.1. The number of rotatable bonds is 8. The van der Waals surface area contributed by atoms with Gasteiger partial charge in [-0.2, -0.15) is 4.31 Å². The summed E-state index contributed by atoms with van der Waals surface area (Å²) in [5.41, 5.74) is 1.02. The van der Waals surface area contributed by atoms with E-state index < -0.39 is 10.0 Å². The van der Waals surface area contributed by atoms with Gasteiger partial charge < -0.3 is 5.32 Å². The van der Waals surface area contributed by atoms with Crippen LogP contribution in [0.2, 0.25) is 0 Å². The lowest BCUT2D eigenvalue weighted by Crippen LogP contribution is -2.41. The summed E-state index contributed by atoms with van der Waals surface area (Å²) in [6, 6.07) is 16.0. The van der Waals surface area contributed by atoms with Gasteiger partial charge in [0.1, 0.15) is 0 Å². The SMILES string of the molecule is CCNC(=O)CN(CCc1ccccc1)S(=O)(=O)c1ccc(Br)cc1. The Labute approximate surface area is 157 Å². The Morgan fingerprint density at radius 3 is 2.32 bits per heavy atom. The van der Waals surface area contributed by atoms with Gasteiger partial charge in [-0.25, -0.2) is 8.42 Å². The number of amides is 1. The highest BCUT2D eigenvalue weighted by atomic mass is 79.9. The summed E-state index contributed by atoms with van der Waals surface area (Å²) < 4.78 is 27.9. The van der Waals surface area contributed by atoms with Crippen LogP contribution in [-0.4, -0.2) is 38.3 Å². The average Bonchev–Trinajstić information content (AvgIpc) is 2.60. The predicted molar refractivity (Wildman–Crippen MR) is 102 cm³/mol. The van der Waals surface area contributed by atoms with Crippen molar-refractivity contribution in [1.82, 2.24) is 9.62 Å². The van der Waals surface area contributed by atoms with E-state index >= 15 is 0 Å². The Hall–Kier alpha value is -1.70. The maximum absolute atomic E-state index is 12.9. The van der Waals surface area contributed by atoms with Crippen LogP contribution in [0.15, 0.2) is 64.0 Å². The first kappa shape index (κ1) is 19.6. The molecule has 0 saturated carbocycles. The minimum absolute atomic E-state index is 0.174. The van der Waals surface area contributed by atoms with Crippen LogP contribution in [0.5, 0.6) is 0 Å². The van der Waals surface area contributed by atoms with Gasteiger partial charge in [-0.05, 0) is 43.2 Å². The monoisotopic (exact) mass is 424 g/mol. The molecule has 0 radical (unpaired) electrons. The number of carbonyl (C=O) groups excluding carboxylic acids is 1. The van der Waals surface area contributed by atoms with Gasteiger partial charge in [0, 0.05) is 17.6 Å². The molecule has 134 valence electrons. The van der Waals surface area contributed by atoms with Gasteiger partial charge in [0.25, 0.3) is 0 Å². The van der Waals surface area contributed by atoms with Crippen molar-refractivity contribution in [2.45, 2.75) is 18.2 Å². The third-order valence-corrected chi connectivity index (χ3v) is 6.03. The second kappa shape index (κ2) is 9.12. The number of hydrogen-bond donors (Lipinski definition) is 1. The summed E-state index contributed by atoms with van der Waals surface area (Å²) in [6.45, 7) is 2.30. The van der Waals surface area contributed by atoms with Crippen molar-refractivity contribution in [1.29, 1.82) is 0 Å². The number of sulfonamides is 1. The molecule has 25 heavy (non-hydrogen) atoms. The lowest BCUT2D eigenvalue weighted by atomic mass is 10.1. The van der Waals surface area contributed by atoms with E-state index in [0.717, 1.165) is 10.0 Å². The first-order chi connectivity index (χ1) is 11.9. The van der Waals surface area contributed by atoms with Gasteiger partial charge in [0.2, 0.25) is 15.9 Å². The summed E-state index contributed by atoms with van der Waals surface area (Å²) >= 11 is 3.30. The van der Waals surface area contributed by atoms with Crippen LogP contribution in [0.1, 0.15) is 12.5 Å². The van der Waals surface area contributed by atoms with Gasteiger partial charge in [0.15, 0.2) is 0 Å². The van der Waals surface area contributed by atoms with Crippen LogP contribution >= 0.6 is 15.9 Å². The molecule has 1 amide bonds. The Kier molecular flexibility index (Phi) is 7.16. The van der Waals surface area contributed by atoms with Crippen LogP contribution in [0.4, 0.5) is 0 Å². The van der Waals surface area contributed by atoms with Gasteiger partial charge in [-0.15, -0.1) is 0 Å². The third kappa shape index (κ3) is 5.66. The minimum atomic E-state index is -3.75. The van der Waals surface area contributed by atoms with Crippen molar-refractivity contribution in [3.63, 3.8) is 0 Å². The largest absolute Gasteiger partial charge is 0.355 e. The summed E-state index contributed by atoms with van der Waals surface area (Å²) in [6.07, 6.45) is 0.538. The molecule has 0 saturated heterocycles. The molecule has 0 spiro atoms. The fourth-order valence-electron chi connectivity index (χ4n) is 2.35. The maximum atomic E-state index is 12.9. The van der Waals surface area contributed by atoms with E-state index in [1.807, 2.05) is 30.3 Å². The quantitative estimate of drug-likeness (QED) is 0.708. The first-order valence-electron chi connectivity index (χ1n) is 8.00. The standard InChI is InChI=1S/C18H21BrN2O3S/c1-2-20-18(22)14-21(13-12-15-6-4-3-5-7-15)25(23,24)17-10-8-16(19)9-11-17/h3-11H,2,12-14H2,1H3,(H,20,22). The Balaban J connectivity index is 2.22. The smallest absolute Gasteiger partial charge is 0.243 e. The molecule has 0 heterocycles. The summed E-state index contributed by atoms with van der Waals surface area (Å²) in [5.74, 6) is -0.309. The molecule has 7 heteroatoms. The van der Waals surface area contributed by atoms with Gasteiger partial charge in [-0.1, -0.05) is 46.3 Å². The van der Waals surface area contributed by atoms with E-state index in [9.17, 15) is 13.2 Å². The van der Waals surface area contributed by atoms with E-state index in [1.54, 1.807) is 19.1 Å². The molecule has 0 aliphatic heterocycles. The van der Waals surface area contributed by atoms with Crippen molar-refractivity contribution in [3.05, 3.63) is 64.6 Å². The fraction of sp³-hybridized carbons (Fsp3) is 0.278. The van der Waals surface area contributed by atoms with Crippen molar-refractivity contribution < 1.29 is 13.2 Å². The zero-order chi connectivity index (χ0) is 18.3. The van der Waals surface area contributed by atoms with Crippen LogP contribution in [0.25, 0.3) is 0 Å². The van der Waals surface area contributed by atoms with Crippen molar-refractivity contribution in [3.8, 4) is 0 Å². The number of carbonyl (C=O) groups is 1. The molecular formula is C18H21BrN2O3S. The van der Waals surface area contributed by atoms with Gasteiger partial charge in [-0.3, -0.25) is 4.79 Å². The second-order valence-corrected chi connectivity index (χ2v) is 8.34. The molecular weight excluding hydrogens is 404 g/mol. The molecule has 2 rings (SSSR count). The molecule has 0 aliphatic carbocycles. The molecule has 0 bridgehead atoms. The lowest BCUT2D eigenvalue weighted by molar-refractivity contribution is -0.121. The van der Waals surface area contributed by atoms with Crippen molar-refractivity contribution in [2.24, 2.45) is 0 Å². The molecule has 0 fully saturated rings. The maximum Gasteiger partial charge on any atom is 0.243 e. The third-order valence-electron chi connectivity index (χ3n) is 3.64. The minimum Gasteiger partial charge on any atom is -0.355 e. The van der Waals surface area contributed by atoms with Crippen LogP contribution in [0.3, 0.4) is 0 Å². The molecule has 2 aromatic rings. The van der Waals surface area contributed by atoms with Crippen molar-refractivity contribution in [2.75, 3.05) is 19.6 Å². The highest BCUT2D eigenvalue weighted by molar-refractivity contribution is 9.10. The Morgan fingerprint density at radius 1 is 1.08 bits per heavy atom. The first-order valence-corrected chi connectivity index (χ1v) is 10.2. The molecule has 0 unspecified atom stereocenters. The number of benzene rings is 2. The summed E-state index contributed by atoms with van der Waals surface area (Å²) in [5, 5.41) is 2.65. The van der Waals surface area contributed by atoms with Crippen LogP contribution < -0.4 is 5.32 Å². The number of nitrogens with one attached hydrogen (secondary N) is 1. The average molecular weight is 425 g/mol. The normalized spacial score (nSPS) is 11.5. The Bertz CT molecular complexity index is 793. The number of likely N-dealkylation sites (N-methyl/N-ethyl adjacent to an activating group) is 1. The molecule has 0 aliphatic rings. The van der Waals surface area contributed by atoms with Crippen LogP contribution in [-0.2, 0) is 21.2 Å². The molecule has 5 nitrogen and oxygen atoms in total. The van der Waals surface area contributed by atoms with Crippen LogP contribution in [0, 0.1) is 0 Å². The lowest BCUT2D eigenvalue weighted by Gasteiger charge is -2.22. The zero-order valence-corrected chi connectivity index (χ0v) is 16.4. The molecule has 1 N–H and O–H groups in total. The van der Waals surface area contributed by atoms with Gasteiger partial charge >= 0.3 is 0 Å². The molecule has 0 aromatic heterocycles. The molecule has 0 atom stereocenters. The highest BCUT2D eigenvalue weighted by Gasteiger charge is 2.26. The topological polar surface area (TPSA) is 66.5 Å². The van der Waals surface area contributed by atoms with E-state index in [2.05, 4.69) is 21.2 Å². The van der Waals surface area contributed by atoms with Gasteiger partial charge in [0.05, 0.1) is 11.4 Å². The second-order valence-electron chi connectivity index (χ2n) is 5.48. The molecule has 2 aromatic carbocycles. The predicted octanol–water partition coefficient (Wildman–Crippen LogP) is 2.82. The number of nitrogens with zero attached hydrogens (tertiary/aromatic N) is 1. The van der Waals surface area contributed by atoms with Crippen molar-refractivity contribution >= 4 is 31.9 Å². The van der Waals surface area contributed by atoms with E-state index in [1.165, 1.54) is 16.4 Å². The highest BCUT2D eigenvalue weighted by Crippen LogP contribution is 2.19. The summed E-state index contributed by atoms with van der Waals surface area (Å²) in [7, 11) is -3.75. The zero-order valence-electron chi connectivity index (χ0n) is 14.0. The van der Waals surface area contributed by atoms with E-state index in [0.29, 0.717) is 13.0 Å². The number of halogens is 1. The fourth-order valence-corrected chi connectivity index (χ4v) is 4.01. The van der Waals surface area contributed by atoms with E-state index in [-0.39, 0.29) is 23.9 Å². The Morgan fingerprint density at radius 2 is 1.72 bits per heavy atom. The number of hydrogen-bond acceptors (Lipinski definition) is 3. The van der Waals surface area contributed by atoms with E-state index in [4.69, 9.17) is 0 Å².